The van der Waals surface area contributed by atoms with Gasteiger partial charge in [-0.15, -0.1) is 0 Å². The summed E-state index contributed by atoms with van der Waals surface area (Å²) in [7, 11) is 0. The van der Waals surface area contributed by atoms with Gasteiger partial charge in [-0.25, -0.2) is 8.78 Å². The van der Waals surface area contributed by atoms with Crippen molar-refractivity contribution < 1.29 is 18.4 Å². The number of carbonyl (C=O) groups excluding carboxylic acids is 2. The maximum atomic E-state index is 13.0. The fourth-order valence-electron chi connectivity index (χ4n) is 3.00. The summed E-state index contributed by atoms with van der Waals surface area (Å²) in [6.07, 6.45) is 3.54. The largest absolute Gasteiger partial charge is 0.294 e. The van der Waals surface area contributed by atoms with E-state index < -0.39 is 5.82 Å². The summed E-state index contributed by atoms with van der Waals surface area (Å²) < 4.78 is 25.9. The topological polar surface area (TPSA) is 34.1 Å². The molecule has 24 heavy (non-hydrogen) atoms. The highest BCUT2D eigenvalue weighted by atomic mass is 19.1. The Kier molecular flexibility index (Phi) is 4.65. The van der Waals surface area contributed by atoms with E-state index in [0.29, 0.717) is 16.7 Å². The number of halogens is 2. The predicted molar refractivity (Wildman–Crippen MR) is 86.9 cm³/mol. The molecule has 2 aromatic rings. The lowest BCUT2D eigenvalue weighted by Crippen LogP contribution is -2.14. The highest BCUT2D eigenvalue weighted by molar-refractivity contribution is 6.10. The molecule has 0 fully saturated rings. The number of carbonyl (C=O) groups is 2. The van der Waals surface area contributed by atoms with Crippen LogP contribution in [-0.2, 0) is 0 Å². The summed E-state index contributed by atoms with van der Waals surface area (Å²) in [4.78, 5) is 24.9. The highest BCUT2D eigenvalue weighted by Crippen LogP contribution is 2.32. The van der Waals surface area contributed by atoms with Crippen molar-refractivity contribution in [3.63, 3.8) is 0 Å². The zero-order chi connectivity index (χ0) is 17.1. The third kappa shape index (κ3) is 3.48. The number of benzene rings is 2. The smallest absolute Gasteiger partial charge is 0.188 e. The van der Waals surface area contributed by atoms with Gasteiger partial charge >= 0.3 is 0 Å². The molecule has 0 aliphatic heterocycles. The Labute approximate surface area is 138 Å². The van der Waals surface area contributed by atoms with Crippen LogP contribution >= 0.6 is 0 Å². The minimum Gasteiger partial charge on any atom is -0.294 e. The van der Waals surface area contributed by atoms with Crippen LogP contribution in [0.2, 0.25) is 0 Å². The van der Waals surface area contributed by atoms with E-state index in [1.165, 1.54) is 48.5 Å². The molecule has 0 aromatic heterocycles. The van der Waals surface area contributed by atoms with Crippen LogP contribution in [-0.4, -0.2) is 11.6 Å². The molecule has 3 rings (SSSR count). The maximum Gasteiger partial charge on any atom is 0.188 e. The SMILES string of the molecule is O=C(C[C@H]1CCC=C1C(=O)c1ccc(F)cc1)c1ccc(F)cc1. The van der Waals surface area contributed by atoms with E-state index in [-0.39, 0.29) is 29.7 Å². The van der Waals surface area contributed by atoms with Crippen LogP contribution in [0, 0.1) is 17.6 Å². The van der Waals surface area contributed by atoms with Crippen LogP contribution in [0.25, 0.3) is 0 Å². The number of ketones is 2. The molecule has 0 radical (unpaired) electrons. The van der Waals surface area contributed by atoms with Crippen molar-refractivity contribution in [3.05, 3.63) is 82.9 Å². The third-order valence-corrected chi connectivity index (χ3v) is 4.29. The Bertz CT molecular complexity index is 789. The number of allylic oxidation sites excluding steroid dienone is 2. The van der Waals surface area contributed by atoms with E-state index in [4.69, 9.17) is 0 Å². The van der Waals surface area contributed by atoms with E-state index in [0.717, 1.165) is 12.8 Å². The predicted octanol–water partition coefficient (Wildman–Crippen LogP) is 4.76. The Balaban J connectivity index is 1.73. The number of hydrogen-bond donors (Lipinski definition) is 0. The van der Waals surface area contributed by atoms with Crippen molar-refractivity contribution in [1.82, 2.24) is 0 Å². The van der Waals surface area contributed by atoms with Crippen LogP contribution in [0.15, 0.2) is 60.2 Å². The van der Waals surface area contributed by atoms with Crippen LogP contribution in [0.5, 0.6) is 0 Å². The van der Waals surface area contributed by atoms with Gasteiger partial charge in [-0.3, -0.25) is 9.59 Å². The molecule has 0 heterocycles. The molecule has 1 aliphatic rings. The first-order chi connectivity index (χ1) is 11.5. The molecule has 122 valence electrons. The Hall–Kier alpha value is -2.62. The first-order valence-corrected chi connectivity index (χ1v) is 7.83. The van der Waals surface area contributed by atoms with Crippen molar-refractivity contribution in [2.75, 3.05) is 0 Å². The van der Waals surface area contributed by atoms with E-state index in [1.54, 1.807) is 0 Å². The number of Topliss-reactive ketones (excluding diaryl/α,β-unsaturated/α-hetero) is 2. The first kappa shape index (κ1) is 16.2. The summed E-state index contributed by atoms with van der Waals surface area (Å²) in [5.41, 5.74) is 1.47. The second kappa shape index (κ2) is 6.87. The summed E-state index contributed by atoms with van der Waals surface area (Å²) in [5.74, 6) is -1.21. The molecule has 0 unspecified atom stereocenters. The fraction of sp³-hybridized carbons (Fsp3) is 0.200. The standard InChI is InChI=1S/C20H16F2O2/c21-16-8-4-13(5-9-16)19(23)12-15-2-1-3-18(15)20(24)14-6-10-17(22)11-7-14/h3-11,15H,1-2,12H2/t15-/m1/s1. The van der Waals surface area contributed by atoms with Crippen molar-refractivity contribution in [1.29, 1.82) is 0 Å². The maximum absolute atomic E-state index is 13.0. The molecule has 0 saturated carbocycles. The van der Waals surface area contributed by atoms with Gasteiger partial charge in [0.25, 0.3) is 0 Å². The van der Waals surface area contributed by atoms with Crippen molar-refractivity contribution >= 4 is 11.6 Å². The second-order valence-corrected chi connectivity index (χ2v) is 5.90. The molecule has 2 nitrogen and oxygen atoms in total. The average molecular weight is 326 g/mol. The average Bonchev–Trinajstić information content (AvgIpc) is 3.03. The molecular formula is C20H16F2O2. The minimum atomic E-state index is -0.394. The molecule has 0 saturated heterocycles. The van der Waals surface area contributed by atoms with Gasteiger partial charge in [-0.1, -0.05) is 6.08 Å². The molecule has 0 N–H and O–H groups in total. The highest BCUT2D eigenvalue weighted by Gasteiger charge is 2.28. The Morgan fingerprint density at radius 2 is 1.42 bits per heavy atom. The molecule has 0 bridgehead atoms. The Morgan fingerprint density at radius 3 is 2.00 bits per heavy atom. The molecule has 4 heteroatoms. The molecule has 0 amide bonds. The van der Waals surface area contributed by atoms with Gasteiger partial charge in [0.15, 0.2) is 11.6 Å². The van der Waals surface area contributed by atoms with Gasteiger partial charge in [0.1, 0.15) is 11.6 Å². The van der Waals surface area contributed by atoms with Crippen molar-refractivity contribution in [2.24, 2.45) is 5.92 Å². The van der Waals surface area contributed by atoms with Crippen molar-refractivity contribution in [3.8, 4) is 0 Å². The molecule has 1 atom stereocenters. The molecule has 0 spiro atoms. The lowest BCUT2D eigenvalue weighted by Gasteiger charge is -2.13. The van der Waals surface area contributed by atoms with E-state index in [1.807, 2.05) is 6.08 Å². The fourth-order valence-corrected chi connectivity index (χ4v) is 3.00. The zero-order valence-electron chi connectivity index (χ0n) is 13.0. The monoisotopic (exact) mass is 326 g/mol. The number of hydrogen-bond acceptors (Lipinski definition) is 2. The van der Waals surface area contributed by atoms with Gasteiger partial charge in [-0.2, -0.15) is 0 Å². The van der Waals surface area contributed by atoms with E-state index >= 15 is 0 Å². The second-order valence-electron chi connectivity index (χ2n) is 5.90. The quantitative estimate of drug-likeness (QED) is 0.743. The van der Waals surface area contributed by atoms with Gasteiger partial charge < -0.3 is 0 Å². The van der Waals surface area contributed by atoms with Gasteiger partial charge in [0, 0.05) is 17.5 Å². The zero-order valence-corrected chi connectivity index (χ0v) is 13.0. The molecular weight excluding hydrogens is 310 g/mol. The van der Waals surface area contributed by atoms with E-state index in [9.17, 15) is 18.4 Å². The summed E-state index contributed by atoms with van der Waals surface area (Å²) in [5, 5.41) is 0. The minimum absolute atomic E-state index is 0.111. The summed E-state index contributed by atoms with van der Waals surface area (Å²) in [6.45, 7) is 0. The van der Waals surface area contributed by atoms with Crippen LogP contribution in [0.4, 0.5) is 8.78 Å². The number of rotatable bonds is 5. The first-order valence-electron chi connectivity index (χ1n) is 7.83. The third-order valence-electron chi connectivity index (χ3n) is 4.29. The van der Waals surface area contributed by atoms with Crippen LogP contribution < -0.4 is 0 Å². The van der Waals surface area contributed by atoms with Crippen molar-refractivity contribution in [2.45, 2.75) is 19.3 Å². The molecule has 1 aliphatic carbocycles. The lowest BCUT2D eigenvalue weighted by molar-refractivity contribution is 0.0960. The van der Waals surface area contributed by atoms with Crippen LogP contribution in [0.1, 0.15) is 40.0 Å². The normalized spacial score (nSPS) is 16.8. The summed E-state index contributed by atoms with van der Waals surface area (Å²) >= 11 is 0. The molecule has 2 aromatic carbocycles. The van der Waals surface area contributed by atoms with Crippen LogP contribution in [0.3, 0.4) is 0 Å². The Morgan fingerprint density at radius 1 is 0.875 bits per heavy atom. The lowest BCUT2D eigenvalue weighted by atomic mass is 9.88. The summed E-state index contributed by atoms with van der Waals surface area (Å²) in [6, 6.07) is 10.8. The van der Waals surface area contributed by atoms with Gasteiger partial charge in [0.2, 0.25) is 0 Å². The van der Waals surface area contributed by atoms with Gasteiger partial charge in [0.05, 0.1) is 0 Å². The van der Waals surface area contributed by atoms with E-state index in [2.05, 4.69) is 0 Å². The van der Waals surface area contributed by atoms with Gasteiger partial charge in [-0.05, 0) is 72.9 Å².